The molecular formula is C16H22N2OS. The standard InChI is InChI=1S/C16H22N2OS/c1-12-2-4-13(5-3-12)17-8-10-18-9-6-15-14(16(18)19)7-11-20-15/h6-7,9,11-13,17H,2-5,8,10H2,1H3. The molecule has 2 aromatic heterocycles. The van der Waals surface area contributed by atoms with Gasteiger partial charge in [-0.15, -0.1) is 11.3 Å². The fraction of sp³-hybridized carbons (Fsp3) is 0.562. The van der Waals surface area contributed by atoms with Crippen LogP contribution in [-0.4, -0.2) is 17.2 Å². The molecule has 1 saturated carbocycles. The molecule has 3 rings (SSSR count). The van der Waals surface area contributed by atoms with E-state index in [0.717, 1.165) is 29.1 Å². The van der Waals surface area contributed by atoms with Crippen LogP contribution in [0.3, 0.4) is 0 Å². The van der Waals surface area contributed by atoms with E-state index in [1.807, 2.05) is 28.3 Å². The van der Waals surface area contributed by atoms with Gasteiger partial charge >= 0.3 is 0 Å². The van der Waals surface area contributed by atoms with Crippen molar-refractivity contribution >= 4 is 21.4 Å². The molecule has 0 unspecified atom stereocenters. The topological polar surface area (TPSA) is 34.0 Å². The van der Waals surface area contributed by atoms with Gasteiger partial charge in [-0.3, -0.25) is 4.79 Å². The van der Waals surface area contributed by atoms with Crippen molar-refractivity contribution in [1.29, 1.82) is 0 Å². The second-order valence-electron chi connectivity index (χ2n) is 5.92. The molecule has 0 aromatic carbocycles. The Hall–Kier alpha value is -1.13. The van der Waals surface area contributed by atoms with Crippen molar-refractivity contribution < 1.29 is 0 Å². The minimum Gasteiger partial charge on any atom is -0.314 e. The minimum absolute atomic E-state index is 0.141. The lowest BCUT2D eigenvalue weighted by Crippen LogP contribution is -2.36. The fourth-order valence-electron chi connectivity index (χ4n) is 3.04. The van der Waals surface area contributed by atoms with Crippen LogP contribution in [0.2, 0.25) is 0 Å². The summed E-state index contributed by atoms with van der Waals surface area (Å²) in [5, 5.41) is 6.44. The van der Waals surface area contributed by atoms with Crippen molar-refractivity contribution in [2.24, 2.45) is 5.92 Å². The van der Waals surface area contributed by atoms with Crippen LogP contribution in [-0.2, 0) is 6.54 Å². The molecule has 0 bridgehead atoms. The van der Waals surface area contributed by atoms with E-state index in [9.17, 15) is 4.79 Å². The Kier molecular flexibility index (Phi) is 4.22. The Morgan fingerprint density at radius 3 is 2.90 bits per heavy atom. The first kappa shape index (κ1) is 13.8. The summed E-state index contributed by atoms with van der Waals surface area (Å²) in [6, 6.07) is 4.62. The number of thiophene rings is 1. The third-order valence-electron chi connectivity index (χ3n) is 4.39. The highest BCUT2D eigenvalue weighted by Gasteiger charge is 2.17. The lowest BCUT2D eigenvalue weighted by Gasteiger charge is -2.27. The summed E-state index contributed by atoms with van der Waals surface area (Å²) in [7, 11) is 0. The Morgan fingerprint density at radius 1 is 1.30 bits per heavy atom. The van der Waals surface area contributed by atoms with E-state index in [2.05, 4.69) is 12.2 Å². The van der Waals surface area contributed by atoms with Gasteiger partial charge in [-0.2, -0.15) is 0 Å². The van der Waals surface area contributed by atoms with Crippen LogP contribution in [0.5, 0.6) is 0 Å². The lowest BCUT2D eigenvalue weighted by atomic mass is 9.87. The van der Waals surface area contributed by atoms with Crippen LogP contribution in [0.25, 0.3) is 10.1 Å². The Bertz CT molecular complexity index is 623. The van der Waals surface area contributed by atoms with Crippen LogP contribution in [0.4, 0.5) is 0 Å². The minimum atomic E-state index is 0.141. The number of nitrogens with zero attached hydrogens (tertiary/aromatic N) is 1. The van der Waals surface area contributed by atoms with Crippen LogP contribution in [0, 0.1) is 5.92 Å². The zero-order valence-corrected chi connectivity index (χ0v) is 12.8. The number of hydrogen-bond donors (Lipinski definition) is 1. The first-order valence-electron chi connectivity index (χ1n) is 7.54. The van der Waals surface area contributed by atoms with Gasteiger partial charge in [0, 0.05) is 30.0 Å². The van der Waals surface area contributed by atoms with Gasteiger partial charge in [0.15, 0.2) is 0 Å². The molecule has 108 valence electrons. The average molecular weight is 290 g/mol. The second kappa shape index (κ2) is 6.10. The molecule has 2 heterocycles. The monoisotopic (exact) mass is 290 g/mol. The van der Waals surface area contributed by atoms with Gasteiger partial charge in [-0.05, 0) is 49.1 Å². The summed E-state index contributed by atoms with van der Waals surface area (Å²) < 4.78 is 2.91. The third kappa shape index (κ3) is 2.96. The molecule has 1 fully saturated rings. The molecule has 4 heteroatoms. The molecule has 0 amide bonds. The van der Waals surface area contributed by atoms with E-state index in [1.165, 1.54) is 25.7 Å². The number of nitrogens with one attached hydrogen (secondary N) is 1. The van der Waals surface area contributed by atoms with Gasteiger partial charge in [-0.25, -0.2) is 0 Å². The number of aromatic nitrogens is 1. The zero-order valence-electron chi connectivity index (χ0n) is 12.0. The van der Waals surface area contributed by atoms with Gasteiger partial charge in [0.25, 0.3) is 5.56 Å². The predicted molar refractivity (Wildman–Crippen MR) is 85.5 cm³/mol. The fourth-order valence-corrected chi connectivity index (χ4v) is 3.81. The molecule has 1 N–H and O–H groups in total. The summed E-state index contributed by atoms with van der Waals surface area (Å²) in [4.78, 5) is 12.3. The van der Waals surface area contributed by atoms with E-state index >= 15 is 0 Å². The summed E-state index contributed by atoms with van der Waals surface area (Å²) >= 11 is 1.63. The van der Waals surface area contributed by atoms with E-state index in [0.29, 0.717) is 6.04 Å². The average Bonchev–Trinajstić information content (AvgIpc) is 2.93. The van der Waals surface area contributed by atoms with Crippen LogP contribution < -0.4 is 10.9 Å². The molecule has 0 aliphatic heterocycles. The molecule has 0 atom stereocenters. The van der Waals surface area contributed by atoms with Crippen molar-refractivity contribution in [3.8, 4) is 0 Å². The number of pyridine rings is 1. The summed E-state index contributed by atoms with van der Waals surface area (Å²) in [5.41, 5.74) is 0.141. The lowest BCUT2D eigenvalue weighted by molar-refractivity contribution is 0.305. The van der Waals surface area contributed by atoms with E-state index < -0.39 is 0 Å². The maximum Gasteiger partial charge on any atom is 0.259 e. The summed E-state index contributed by atoms with van der Waals surface area (Å²) in [6.07, 6.45) is 7.14. The second-order valence-corrected chi connectivity index (χ2v) is 6.87. The van der Waals surface area contributed by atoms with Crippen LogP contribution in [0.15, 0.2) is 28.5 Å². The van der Waals surface area contributed by atoms with Crippen molar-refractivity contribution in [1.82, 2.24) is 9.88 Å². The maximum absolute atomic E-state index is 12.3. The Labute approximate surface area is 123 Å². The molecule has 1 aliphatic carbocycles. The maximum atomic E-state index is 12.3. The number of rotatable bonds is 4. The first-order valence-corrected chi connectivity index (χ1v) is 8.42. The molecule has 1 aliphatic rings. The molecule has 0 spiro atoms. The van der Waals surface area contributed by atoms with Crippen molar-refractivity contribution in [2.75, 3.05) is 6.54 Å². The van der Waals surface area contributed by atoms with Crippen molar-refractivity contribution in [3.63, 3.8) is 0 Å². The highest BCUT2D eigenvalue weighted by atomic mass is 32.1. The quantitative estimate of drug-likeness (QED) is 0.938. The van der Waals surface area contributed by atoms with E-state index in [4.69, 9.17) is 0 Å². The van der Waals surface area contributed by atoms with Gasteiger partial charge in [0.05, 0.1) is 5.39 Å². The predicted octanol–water partition coefficient (Wildman–Crippen LogP) is 3.23. The largest absolute Gasteiger partial charge is 0.314 e. The molecule has 0 saturated heterocycles. The smallest absolute Gasteiger partial charge is 0.259 e. The first-order chi connectivity index (χ1) is 9.74. The summed E-state index contributed by atoms with van der Waals surface area (Å²) in [5.74, 6) is 0.886. The zero-order chi connectivity index (χ0) is 13.9. The Morgan fingerprint density at radius 2 is 2.10 bits per heavy atom. The molecular weight excluding hydrogens is 268 g/mol. The molecule has 0 radical (unpaired) electrons. The van der Waals surface area contributed by atoms with Crippen LogP contribution >= 0.6 is 11.3 Å². The number of hydrogen-bond acceptors (Lipinski definition) is 3. The number of fused-ring (bicyclic) bond motifs is 1. The van der Waals surface area contributed by atoms with E-state index in [1.54, 1.807) is 11.3 Å². The summed E-state index contributed by atoms with van der Waals surface area (Å²) in [6.45, 7) is 3.98. The highest BCUT2D eigenvalue weighted by Crippen LogP contribution is 2.23. The Balaban J connectivity index is 1.57. The van der Waals surface area contributed by atoms with Gasteiger partial charge in [0.2, 0.25) is 0 Å². The third-order valence-corrected chi connectivity index (χ3v) is 5.28. The van der Waals surface area contributed by atoms with Gasteiger partial charge in [-0.1, -0.05) is 6.92 Å². The highest BCUT2D eigenvalue weighted by molar-refractivity contribution is 7.17. The molecule has 2 aromatic rings. The molecule has 20 heavy (non-hydrogen) atoms. The van der Waals surface area contributed by atoms with Crippen molar-refractivity contribution in [3.05, 3.63) is 34.1 Å². The van der Waals surface area contributed by atoms with Gasteiger partial charge in [0.1, 0.15) is 0 Å². The van der Waals surface area contributed by atoms with Gasteiger partial charge < -0.3 is 9.88 Å². The van der Waals surface area contributed by atoms with E-state index in [-0.39, 0.29) is 5.56 Å². The molecule has 3 nitrogen and oxygen atoms in total. The van der Waals surface area contributed by atoms with Crippen LogP contribution in [0.1, 0.15) is 32.6 Å². The normalized spacial score (nSPS) is 23.2. The SMILES string of the molecule is CC1CCC(NCCn2ccc3sccc3c2=O)CC1. The van der Waals surface area contributed by atoms with Crippen molar-refractivity contribution in [2.45, 2.75) is 45.2 Å².